The molecule has 2 N–H and O–H groups in total. The maximum Gasteiger partial charge on any atom is 0.240 e. The molecule has 3 rings (SSSR count). The van der Waals surface area contributed by atoms with Crippen LogP contribution in [0.4, 0.5) is 5.13 Å². The number of thiazole rings is 1. The molecule has 0 unspecified atom stereocenters. The number of hydrogen-bond acceptors (Lipinski definition) is 5. The molecular weight excluding hydrogens is 343 g/mol. The first-order valence-electron chi connectivity index (χ1n) is 7.45. The number of aromatic nitrogens is 1. The van der Waals surface area contributed by atoms with Crippen LogP contribution in [0.15, 0.2) is 0 Å². The van der Waals surface area contributed by atoms with E-state index < -0.39 is 0 Å². The third-order valence-corrected chi connectivity index (χ3v) is 5.15. The van der Waals surface area contributed by atoms with Crippen molar-refractivity contribution in [3.8, 4) is 0 Å². The molecule has 1 aliphatic heterocycles. The lowest BCUT2D eigenvalue weighted by atomic mass is 10.0. The van der Waals surface area contributed by atoms with E-state index in [0.717, 1.165) is 37.6 Å². The predicted octanol–water partition coefficient (Wildman–Crippen LogP) is 2.10. The molecule has 22 heavy (non-hydrogen) atoms. The number of nitrogens with one attached hydrogen (secondary N) is 2. The molecule has 1 saturated heterocycles. The first-order chi connectivity index (χ1) is 9.72. The Morgan fingerprint density at radius 1 is 1.41 bits per heavy atom. The van der Waals surface area contributed by atoms with Crippen LogP contribution in [-0.4, -0.2) is 48.0 Å². The van der Waals surface area contributed by atoms with E-state index in [-0.39, 0.29) is 30.7 Å². The van der Waals surface area contributed by atoms with E-state index in [1.165, 1.54) is 23.4 Å². The minimum absolute atomic E-state index is 0. The van der Waals surface area contributed by atoms with Gasteiger partial charge in [-0.1, -0.05) is 0 Å². The summed E-state index contributed by atoms with van der Waals surface area (Å²) in [5.74, 6) is 0.0600. The van der Waals surface area contributed by atoms with Crippen molar-refractivity contribution in [1.29, 1.82) is 0 Å². The molecule has 126 valence electrons. The molecule has 0 saturated carbocycles. The van der Waals surface area contributed by atoms with Crippen molar-refractivity contribution in [2.24, 2.45) is 0 Å². The van der Waals surface area contributed by atoms with Crippen LogP contribution < -0.4 is 10.6 Å². The first kappa shape index (κ1) is 19.6. The fourth-order valence-corrected chi connectivity index (χ4v) is 3.93. The Morgan fingerprint density at radius 2 is 2.18 bits per heavy atom. The van der Waals surface area contributed by atoms with Crippen molar-refractivity contribution in [2.75, 3.05) is 31.5 Å². The molecule has 0 aromatic carbocycles. The zero-order valence-corrected chi connectivity index (χ0v) is 15.2. The maximum absolute atomic E-state index is 12.1. The molecule has 1 atom stereocenters. The smallest absolute Gasteiger partial charge is 0.240 e. The van der Waals surface area contributed by atoms with Crippen molar-refractivity contribution in [1.82, 2.24) is 15.2 Å². The van der Waals surface area contributed by atoms with Crippen LogP contribution in [-0.2, 0) is 17.6 Å². The lowest BCUT2D eigenvalue weighted by Gasteiger charge is -2.33. The number of rotatable bonds is 3. The fraction of sp³-hybridized carbons (Fsp3) is 0.714. The van der Waals surface area contributed by atoms with Gasteiger partial charge >= 0.3 is 0 Å². The highest BCUT2D eigenvalue weighted by atomic mass is 35.5. The third-order valence-electron chi connectivity index (χ3n) is 4.08. The van der Waals surface area contributed by atoms with Crippen molar-refractivity contribution in [3.63, 3.8) is 0 Å². The molecule has 1 aromatic rings. The van der Waals surface area contributed by atoms with Crippen LogP contribution in [0.2, 0.25) is 0 Å². The maximum atomic E-state index is 12.1. The number of halogens is 2. The average molecular weight is 367 g/mol. The van der Waals surface area contributed by atoms with E-state index in [2.05, 4.69) is 27.4 Å². The van der Waals surface area contributed by atoms with Crippen LogP contribution in [0, 0.1) is 0 Å². The number of piperazine rings is 1. The molecule has 1 aliphatic carbocycles. The van der Waals surface area contributed by atoms with E-state index in [9.17, 15) is 4.79 Å². The number of hydrogen-bond donors (Lipinski definition) is 2. The summed E-state index contributed by atoms with van der Waals surface area (Å²) in [6.45, 7) is 5.47. The van der Waals surface area contributed by atoms with Gasteiger partial charge in [-0.2, -0.15) is 0 Å². The summed E-state index contributed by atoms with van der Waals surface area (Å²) in [6, 6.07) is 0.416. The minimum Gasteiger partial charge on any atom is -0.314 e. The summed E-state index contributed by atoms with van der Waals surface area (Å²) in [5.41, 5.74) is 1.20. The number of nitrogens with zero attached hydrogens (tertiary/aromatic N) is 2. The average Bonchev–Trinajstić information content (AvgIpc) is 2.83. The van der Waals surface area contributed by atoms with Gasteiger partial charge in [0.1, 0.15) is 0 Å². The summed E-state index contributed by atoms with van der Waals surface area (Å²) >= 11 is 1.65. The van der Waals surface area contributed by atoms with Gasteiger partial charge in [-0.25, -0.2) is 4.98 Å². The number of anilines is 1. The van der Waals surface area contributed by atoms with E-state index >= 15 is 0 Å². The van der Waals surface area contributed by atoms with Crippen LogP contribution >= 0.6 is 36.2 Å². The van der Waals surface area contributed by atoms with Gasteiger partial charge < -0.3 is 10.6 Å². The van der Waals surface area contributed by atoms with Crippen LogP contribution in [0.3, 0.4) is 0 Å². The monoisotopic (exact) mass is 366 g/mol. The predicted molar refractivity (Wildman–Crippen MR) is 95.8 cm³/mol. The third kappa shape index (κ3) is 4.80. The summed E-state index contributed by atoms with van der Waals surface area (Å²) in [6.07, 6.45) is 4.66. The lowest BCUT2D eigenvalue weighted by molar-refractivity contribution is -0.118. The van der Waals surface area contributed by atoms with E-state index in [0.29, 0.717) is 12.6 Å². The second kappa shape index (κ2) is 9.03. The quantitative estimate of drug-likeness (QED) is 0.859. The van der Waals surface area contributed by atoms with Crippen molar-refractivity contribution in [3.05, 3.63) is 10.6 Å². The second-order valence-electron chi connectivity index (χ2n) is 5.67. The highest BCUT2D eigenvalue weighted by Crippen LogP contribution is 2.29. The van der Waals surface area contributed by atoms with E-state index in [4.69, 9.17) is 0 Å². The Kier molecular flexibility index (Phi) is 8.07. The first-order valence-corrected chi connectivity index (χ1v) is 8.27. The Morgan fingerprint density at radius 3 is 2.91 bits per heavy atom. The number of carbonyl (C=O) groups excluding carboxylic acids is 1. The molecule has 1 aromatic heterocycles. The van der Waals surface area contributed by atoms with Gasteiger partial charge in [-0.05, 0) is 32.6 Å². The van der Waals surface area contributed by atoms with Crippen molar-refractivity contribution in [2.45, 2.75) is 38.6 Å². The molecule has 1 fully saturated rings. The van der Waals surface area contributed by atoms with E-state index in [1.807, 2.05) is 0 Å². The van der Waals surface area contributed by atoms with Gasteiger partial charge in [0.15, 0.2) is 5.13 Å². The highest BCUT2D eigenvalue weighted by molar-refractivity contribution is 7.15. The summed E-state index contributed by atoms with van der Waals surface area (Å²) in [4.78, 5) is 20.3. The van der Waals surface area contributed by atoms with Crippen LogP contribution in [0.25, 0.3) is 0 Å². The molecular formula is C14H24Cl2N4OS. The van der Waals surface area contributed by atoms with Gasteiger partial charge in [0, 0.05) is 30.6 Å². The highest BCUT2D eigenvalue weighted by Gasteiger charge is 2.21. The normalized spacial score (nSPS) is 21.2. The second-order valence-corrected chi connectivity index (χ2v) is 6.75. The number of carbonyl (C=O) groups is 1. The van der Waals surface area contributed by atoms with Gasteiger partial charge in [-0.15, -0.1) is 36.2 Å². The molecule has 1 amide bonds. The number of fused-ring (bicyclic) bond motifs is 1. The minimum atomic E-state index is 0. The molecule has 2 heterocycles. The van der Waals surface area contributed by atoms with Gasteiger partial charge in [0.05, 0.1) is 12.2 Å². The molecule has 0 spiro atoms. The molecule has 5 nitrogen and oxygen atoms in total. The Labute approximate surface area is 148 Å². The molecule has 2 aliphatic rings. The zero-order valence-electron chi connectivity index (χ0n) is 12.8. The van der Waals surface area contributed by atoms with E-state index in [1.54, 1.807) is 11.3 Å². The summed E-state index contributed by atoms with van der Waals surface area (Å²) < 4.78 is 0. The van der Waals surface area contributed by atoms with Crippen molar-refractivity contribution >= 4 is 47.2 Å². The standard InChI is InChI=1S/C14H22N4OS.2ClH/c1-10-8-15-6-7-18(10)9-13(19)17-14-16-11-4-2-3-5-12(11)20-14;;/h10,15H,2-9H2,1H3,(H,16,17,19);2*1H/t10-;;/m1../s1. The van der Waals surface area contributed by atoms with Gasteiger partial charge in [0.2, 0.25) is 5.91 Å². The number of amides is 1. The zero-order chi connectivity index (χ0) is 13.9. The largest absolute Gasteiger partial charge is 0.314 e. The van der Waals surface area contributed by atoms with Crippen LogP contribution in [0.1, 0.15) is 30.3 Å². The van der Waals surface area contributed by atoms with Gasteiger partial charge in [0.25, 0.3) is 0 Å². The molecule has 0 bridgehead atoms. The SMILES string of the molecule is C[C@@H]1CNCCN1CC(=O)Nc1nc2c(s1)CCCC2.Cl.Cl. The van der Waals surface area contributed by atoms with Crippen LogP contribution in [0.5, 0.6) is 0 Å². The Bertz CT molecular complexity index is 474. The van der Waals surface area contributed by atoms with Gasteiger partial charge in [-0.3, -0.25) is 9.69 Å². The summed E-state index contributed by atoms with van der Waals surface area (Å²) in [5, 5.41) is 7.09. The van der Waals surface area contributed by atoms with Crippen molar-refractivity contribution < 1.29 is 4.79 Å². The molecule has 0 radical (unpaired) electrons. The number of aryl methyl sites for hydroxylation is 2. The topological polar surface area (TPSA) is 57.3 Å². The fourth-order valence-electron chi connectivity index (χ4n) is 2.87. The summed E-state index contributed by atoms with van der Waals surface area (Å²) in [7, 11) is 0. The Balaban J connectivity index is 0.00000121. The lowest BCUT2D eigenvalue weighted by Crippen LogP contribution is -2.51. The Hall–Kier alpha value is -0.400. The molecule has 8 heteroatoms.